The summed E-state index contributed by atoms with van der Waals surface area (Å²) < 4.78 is 38.1. The Morgan fingerprint density at radius 3 is 2.29 bits per heavy atom. The zero-order valence-corrected chi connectivity index (χ0v) is 16.8. The maximum atomic E-state index is 12.7. The summed E-state index contributed by atoms with van der Waals surface area (Å²) >= 11 is 0. The number of hydrogen-bond donors (Lipinski definition) is 2. The average Bonchev–Trinajstić information content (AvgIpc) is 3.16. The maximum Gasteiger partial charge on any atom is 0.416 e. The Morgan fingerprint density at radius 2 is 1.68 bits per heavy atom. The van der Waals surface area contributed by atoms with Crippen LogP contribution in [0.1, 0.15) is 15.9 Å². The van der Waals surface area contributed by atoms with E-state index in [1.807, 2.05) is 18.2 Å². The first-order valence-corrected chi connectivity index (χ1v) is 9.46. The Kier molecular flexibility index (Phi) is 5.14. The molecule has 1 amide bonds. The van der Waals surface area contributed by atoms with Gasteiger partial charge < -0.3 is 15.2 Å². The Morgan fingerprint density at radius 1 is 1.00 bits per heavy atom. The van der Waals surface area contributed by atoms with Crippen molar-refractivity contribution in [3.05, 3.63) is 78.0 Å². The topological polar surface area (TPSA) is 61.0 Å². The van der Waals surface area contributed by atoms with Crippen molar-refractivity contribution in [3.8, 4) is 11.3 Å². The molecule has 2 aromatic heterocycles. The third-order valence-electron chi connectivity index (χ3n) is 4.84. The van der Waals surface area contributed by atoms with Gasteiger partial charge in [-0.1, -0.05) is 12.1 Å². The molecule has 0 bridgehead atoms. The van der Waals surface area contributed by atoms with E-state index in [4.69, 9.17) is 0 Å². The second-order valence-corrected chi connectivity index (χ2v) is 7.32. The minimum atomic E-state index is -4.37. The molecule has 0 saturated heterocycles. The van der Waals surface area contributed by atoms with E-state index in [-0.39, 0.29) is 5.91 Å². The summed E-state index contributed by atoms with van der Waals surface area (Å²) in [6.07, 6.45) is -2.68. The molecule has 2 N–H and O–H groups in total. The molecular formula is C23H19F3N4O. The fourth-order valence-corrected chi connectivity index (χ4v) is 3.19. The number of aromatic nitrogens is 2. The van der Waals surface area contributed by atoms with Crippen molar-refractivity contribution in [3.63, 3.8) is 0 Å². The molecule has 0 aliphatic carbocycles. The fraction of sp³-hybridized carbons (Fsp3) is 0.130. The third-order valence-corrected chi connectivity index (χ3v) is 4.84. The summed E-state index contributed by atoms with van der Waals surface area (Å²) in [4.78, 5) is 21.2. The summed E-state index contributed by atoms with van der Waals surface area (Å²) in [5.41, 5.74) is 3.03. The van der Waals surface area contributed by atoms with Gasteiger partial charge in [0, 0.05) is 48.7 Å². The van der Waals surface area contributed by atoms with E-state index in [2.05, 4.69) is 15.3 Å². The van der Waals surface area contributed by atoms with Gasteiger partial charge in [-0.2, -0.15) is 13.2 Å². The molecular weight excluding hydrogens is 405 g/mol. The zero-order valence-electron chi connectivity index (χ0n) is 16.8. The molecule has 0 aliphatic rings. The molecule has 4 aromatic rings. The predicted molar refractivity (Wildman–Crippen MR) is 114 cm³/mol. The molecule has 4 rings (SSSR count). The van der Waals surface area contributed by atoms with Gasteiger partial charge in [0.2, 0.25) is 0 Å². The van der Waals surface area contributed by atoms with Crippen molar-refractivity contribution in [1.29, 1.82) is 0 Å². The Labute approximate surface area is 176 Å². The smallest absolute Gasteiger partial charge is 0.354 e. The molecule has 31 heavy (non-hydrogen) atoms. The van der Waals surface area contributed by atoms with Crippen LogP contribution in [0.5, 0.6) is 0 Å². The monoisotopic (exact) mass is 424 g/mol. The van der Waals surface area contributed by atoms with Gasteiger partial charge in [-0.3, -0.25) is 4.79 Å². The third kappa shape index (κ3) is 4.37. The van der Waals surface area contributed by atoms with Crippen molar-refractivity contribution in [2.75, 3.05) is 19.4 Å². The Balaban J connectivity index is 1.55. The Bertz CT molecular complexity index is 1230. The van der Waals surface area contributed by atoms with Crippen LogP contribution >= 0.6 is 0 Å². The summed E-state index contributed by atoms with van der Waals surface area (Å²) in [7, 11) is 3.41. The number of carbonyl (C=O) groups excluding carboxylic acids is 1. The lowest BCUT2D eigenvalue weighted by atomic mass is 10.1. The van der Waals surface area contributed by atoms with Gasteiger partial charge in [-0.05, 0) is 48.0 Å². The minimum Gasteiger partial charge on any atom is -0.354 e. The number of halogens is 3. The Hall–Kier alpha value is -3.81. The summed E-state index contributed by atoms with van der Waals surface area (Å²) in [6.45, 7) is 0. The first kappa shape index (κ1) is 20.5. The molecule has 0 radical (unpaired) electrons. The SMILES string of the molecule is CN(C)C(=O)c1ccc(-c2cc3cnc(Nc4ccc(C(F)(F)F)cc4)cc3[nH]2)cc1. The van der Waals surface area contributed by atoms with Crippen LogP contribution in [0.3, 0.4) is 0 Å². The van der Waals surface area contributed by atoms with E-state index in [9.17, 15) is 18.0 Å². The average molecular weight is 424 g/mol. The lowest BCUT2D eigenvalue weighted by Gasteiger charge is -2.10. The summed E-state index contributed by atoms with van der Waals surface area (Å²) in [5, 5.41) is 3.90. The lowest BCUT2D eigenvalue weighted by Crippen LogP contribution is -2.21. The number of fused-ring (bicyclic) bond motifs is 1. The van der Waals surface area contributed by atoms with Crippen molar-refractivity contribution < 1.29 is 18.0 Å². The second-order valence-electron chi connectivity index (χ2n) is 7.32. The summed E-state index contributed by atoms with van der Waals surface area (Å²) in [6, 6.07) is 15.8. The highest BCUT2D eigenvalue weighted by Gasteiger charge is 2.29. The second kappa shape index (κ2) is 7.79. The van der Waals surface area contributed by atoms with Crippen molar-refractivity contribution in [2.45, 2.75) is 6.18 Å². The van der Waals surface area contributed by atoms with Crippen LogP contribution in [-0.2, 0) is 6.18 Å². The fourth-order valence-electron chi connectivity index (χ4n) is 3.19. The van der Waals surface area contributed by atoms with Crippen LogP contribution in [0, 0.1) is 0 Å². The van der Waals surface area contributed by atoms with Gasteiger partial charge >= 0.3 is 6.18 Å². The van der Waals surface area contributed by atoms with E-state index < -0.39 is 11.7 Å². The number of benzene rings is 2. The molecule has 158 valence electrons. The standard InChI is InChI=1S/C23H19F3N4O/c1-30(2)22(31)15-5-3-14(4-6-15)19-11-16-13-27-21(12-20(16)29-19)28-18-9-7-17(8-10-18)23(24,25)26/h3-13,29H,1-2H3,(H,27,28). The van der Waals surface area contributed by atoms with Gasteiger partial charge in [0.15, 0.2) is 0 Å². The van der Waals surface area contributed by atoms with Crippen molar-refractivity contribution in [1.82, 2.24) is 14.9 Å². The molecule has 8 heteroatoms. The first-order chi connectivity index (χ1) is 14.7. The number of H-pyrrole nitrogens is 1. The number of amides is 1. The highest BCUT2D eigenvalue weighted by molar-refractivity contribution is 5.94. The molecule has 0 saturated carbocycles. The van der Waals surface area contributed by atoms with E-state index in [1.54, 1.807) is 38.5 Å². The molecule has 5 nitrogen and oxygen atoms in total. The van der Waals surface area contributed by atoms with Crippen molar-refractivity contribution >= 4 is 28.3 Å². The molecule has 0 atom stereocenters. The van der Waals surface area contributed by atoms with Gasteiger partial charge in [0.05, 0.1) is 11.1 Å². The van der Waals surface area contributed by atoms with Crippen LogP contribution in [0.4, 0.5) is 24.7 Å². The lowest BCUT2D eigenvalue weighted by molar-refractivity contribution is -0.137. The van der Waals surface area contributed by atoms with E-state index in [1.165, 1.54) is 17.0 Å². The number of rotatable bonds is 4. The van der Waals surface area contributed by atoms with E-state index >= 15 is 0 Å². The molecule has 2 aromatic carbocycles. The quantitative estimate of drug-likeness (QED) is 0.442. The maximum absolute atomic E-state index is 12.7. The van der Waals surface area contributed by atoms with Gasteiger partial charge in [0.1, 0.15) is 5.82 Å². The first-order valence-electron chi connectivity index (χ1n) is 9.46. The molecule has 0 fully saturated rings. The van der Waals surface area contributed by atoms with E-state index in [0.29, 0.717) is 17.1 Å². The van der Waals surface area contributed by atoms with Crippen molar-refractivity contribution in [2.24, 2.45) is 0 Å². The number of aromatic amines is 1. The largest absolute Gasteiger partial charge is 0.416 e. The molecule has 2 heterocycles. The molecule has 0 aliphatic heterocycles. The zero-order chi connectivity index (χ0) is 22.2. The van der Waals surface area contributed by atoms with Crippen LogP contribution < -0.4 is 5.32 Å². The number of hydrogen-bond acceptors (Lipinski definition) is 3. The molecule has 0 unspecified atom stereocenters. The molecule has 0 spiro atoms. The number of alkyl halides is 3. The summed E-state index contributed by atoms with van der Waals surface area (Å²) in [5.74, 6) is 0.443. The van der Waals surface area contributed by atoms with E-state index in [0.717, 1.165) is 34.3 Å². The van der Waals surface area contributed by atoms with Gasteiger partial charge in [-0.25, -0.2) is 4.98 Å². The normalized spacial score (nSPS) is 11.5. The van der Waals surface area contributed by atoms with Gasteiger partial charge in [0.25, 0.3) is 5.91 Å². The predicted octanol–water partition coefficient (Wildman–Crippen LogP) is 5.69. The number of carbonyl (C=O) groups is 1. The van der Waals surface area contributed by atoms with Crippen LogP contribution in [0.2, 0.25) is 0 Å². The minimum absolute atomic E-state index is 0.0635. The van der Waals surface area contributed by atoms with Crippen LogP contribution in [0.15, 0.2) is 66.9 Å². The highest BCUT2D eigenvalue weighted by atomic mass is 19.4. The number of nitrogens with one attached hydrogen (secondary N) is 2. The van der Waals surface area contributed by atoms with Crippen LogP contribution in [0.25, 0.3) is 22.2 Å². The van der Waals surface area contributed by atoms with Gasteiger partial charge in [-0.15, -0.1) is 0 Å². The number of anilines is 2. The van der Waals surface area contributed by atoms with Crippen LogP contribution in [-0.4, -0.2) is 34.9 Å². The number of nitrogens with zero attached hydrogens (tertiary/aromatic N) is 2. The highest BCUT2D eigenvalue weighted by Crippen LogP contribution is 2.31. The number of pyridine rings is 1.